The number of hydrogen-bond acceptors (Lipinski definition) is 5. The van der Waals surface area contributed by atoms with Crippen molar-refractivity contribution in [1.82, 2.24) is 5.32 Å². The molecule has 5 nitrogen and oxygen atoms in total. The zero-order chi connectivity index (χ0) is 15.9. The van der Waals surface area contributed by atoms with Crippen LogP contribution in [0.25, 0.3) is 0 Å². The van der Waals surface area contributed by atoms with Gasteiger partial charge in [-0.25, -0.2) is 0 Å². The Balaban J connectivity index is 3.72. The lowest BCUT2D eigenvalue weighted by Gasteiger charge is -2.23. The Morgan fingerprint density at radius 3 is 2.48 bits per heavy atom. The van der Waals surface area contributed by atoms with Crippen LogP contribution in [0.3, 0.4) is 0 Å². The van der Waals surface area contributed by atoms with Gasteiger partial charge in [0.05, 0.1) is 32.0 Å². The van der Waals surface area contributed by atoms with Gasteiger partial charge >= 0.3 is 0 Å². The van der Waals surface area contributed by atoms with Gasteiger partial charge in [-0.3, -0.25) is 0 Å². The molecule has 0 spiro atoms. The van der Waals surface area contributed by atoms with Gasteiger partial charge in [0, 0.05) is 19.7 Å². The van der Waals surface area contributed by atoms with Crippen LogP contribution in [-0.2, 0) is 9.47 Å². The molecule has 0 bridgehead atoms. The number of hydrogen-bond donors (Lipinski definition) is 3. The van der Waals surface area contributed by atoms with Crippen LogP contribution in [0, 0.1) is 5.92 Å². The van der Waals surface area contributed by atoms with Crippen LogP contribution in [0.1, 0.15) is 46.5 Å². The highest BCUT2D eigenvalue weighted by atomic mass is 16.5. The number of aliphatic hydroxyl groups excluding tert-OH is 2. The van der Waals surface area contributed by atoms with Crippen molar-refractivity contribution >= 4 is 0 Å². The third kappa shape index (κ3) is 12.1. The normalized spacial score (nSPS) is 15.9. The van der Waals surface area contributed by atoms with E-state index in [1.165, 1.54) is 0 Å². The van der Waals surface area contributed by atoms with E-state index in [9.17, 15) is 5.11 Å². The van der Waals surface area contributed by atoms with Crippen molar-refractivity contribution in [2.24, 2.45) is 5.92 Å². The number of ether oxygens (including phenoxy) is 2. The molecule has 1 unspecified atom stereocenters. The zero-order valence-electron chi connectivity index (χ0n) is 14.0. The summed E-state index contributed by atoms with van der Waals surface area (Å²) in [6.45, 7) is 9.43. The third-order valence-corrected chi connectivity index (χ3v) is 3.63. The van der Waals surface area contributed by atoms with E-state index in [2.05, 4.69) is 26.1 Å². The monoisotopic (exact) mass is 305 g/mol. The second-order valence-electron chi connectivity index (χ2n) is 5.53. The summed E-state index contributed by atoms with van der Waals surface area (Å²) in [5.41, 5.74) is 0. The van der Waals surface area contributed by atoms with Crippen LogP contribution in [0.4, 0.5) is 0 Å². The highest BCUT2D eigenvalue weighted by Crippen LogP contribution is 2.18. The first-order chi connectivity index (χ1) is 10.2. The summed E-state index contributed by atoms with van der Waals surface area (Å²) in [5, 5.41) is 22.0. The molecule has 0 fully saturated rings. The summed E-state index contributed by atoms with van der Waals surface area (Å²) in [6, 6.07) is 0. The fourth-order valence-corrected chi connectivity index (χ4v) is 2.25. The van der Waals surface area contributed by atoms with E-state index in [1.807, 2.05) is 0 Å². The standard InChI is InChI=1S/C16H35NO4/c1-4-10-21-14(3)6-7-15(5-2)16(19)13-17-8-11-20-12-9-18/h14-19H,4-13H2,1-3H3/t14?,15-,16+/m0/s1. The van der Waals surface area contributed by atoms with Crippen LogP contribution in [-0.4, -0.2) is 61.9 Å². The largest absolute Gasteiger partial charge is 0.394 e. The summed E-state index contributed by atoms with van der Waals surface area (Å²) < 4.78 is 10.8. The fourth-order valence-electron chi connectivity index (χ4n) is 2.25. The summed E-state index contributed by atoms with van der Waals surface area (Å²) in [5.74, 6) is 0.309. The highest BCUT2D eigenvalue weighted by Gasteiger charge is 2.18. The van der Waals surface area contributed by atoms with Crippen molar-refractivity contribution in [3.05, 3.63) is 0 Å². The Morgan fingerprint density at radius 2 is 1.86 bits per heavy atom. The van der Waals surface area contributed by atoms with Crippen LogP contribution in [0.15, 0.2) is 0 Å². The second kappa shape index (κ2) is 14.7. The highest BCUT2D eigenvalue weighted by molar-refractivity contribution is 4.71. The Bertz CT molecular complexity index is 216. The summed E-state index contributed by atoms with van der Waals surface area (Å²) in [4.78, 5) is 0. The van der Waals surface area contributed by atoms with Crippen LogP contribution >= 0.6 is 0 Å². The van der Waals surface area contributed by atoms with Crippen molar-refractivity contribution in [3.8, 4) is 0 Å². The molecule has 3 N–H and O–H groups in total. The molecule has 0 saturated carbocycles. The van der Waals surface area contributed by atoms with Gasteiger partial charge in [0.15, 0.2) is 0 Å². The van der Waals surface area contributed by atoms with Gasteiger partial charge in [-0.15, -0.1) is 0 Å². The second-order valence-corrected chi connectivity index (χ2v) is 5.53. The molecule has 0 saturated heterocycles. The van der Waals surface area contributed by atoms with E-state index in [4.69, 9.17) is 14.6 Å². The van der Waals surface area contributed by atoms with Crippen LogP contribution in [0.2, 0.25) is 0 Å². The number of aliphatic hydroxyl groups is 2. The zero-order valence-corrected chi connectivity index (χ0v) is 14.0. The summed E-state index contributed by atoms with van der Waals surface area (Å²) >= 11 is 0. The van der Waals surface area contributed by atoms with Gasteiger partial charge in [0.1, 0.15) is 0 Å². The van der Waals surface area contributed by atoms with Crippen LogP contribution < -0.4 is 5.32 Å². The van der Waals surface area contributed by atoms with E-state index in [0.29, 0.717) is 32.2 Å². The molecular formula is C16H35NO4. The average Bonchev–Trinajstić information content (AvgIpc) is 2.49. The lowest BCUT2D eigenvalue weighted by molar-refractivity contribution is 0.0421. The first-order valence-corrected chi connectivity index (χ1v) is 8.34. The Kier molecular flexibility index (Phi) is 14.6. The predicted octanol–water partition coefficient (Wildman–Crippen LogP) is 1.57. The minimum Gasteiger partial charge on any atom is -0.394 e. The quantitative estimate of drug-likeness (QED) is 0.401. The molecule has 128 valence electrons. The van der Waals surface area contributed by atoms with Gasteiger partial charge in [0.25, 0.3) is 0 Å². The molecule has 0 rings (SSSR count). The Morgan fingerprint density at radius 1 is 1.10 bits per heavy atom. The Labute approximate surface area is 130 Å². The molecule has 21 heavy (non-hydrogen) atoms. The van der Waals surface area contributed by atoms with Crippen molar-refractivity contribution in [2.45, 2.75) is 58.7 Å². The molecule has 0 radical (unpaired) electrons. The molecular weight excluding hydrogens is 270 g/mol. The van der Waals surface area contributed by atoms with E-state index >= 15 is 0 Å². The molecule has 0 aliphatic carbocycles. The van der Waals surface area contributed by atoms with Gasteiger partial charge in [-0.05, 0) is 32.1 Å². The third-order valence-electron chi connectivity index (χ3n) is 3.63. The molecule has 0 amide bonds. The van der Waals surface area contributed by atoms with Gasteiger partial charge < -0.3 is 25.0 Å². The van der Waals surface area contributed by atoms with E-state index in [1.54, 1.807) is 0 Å². The smallest absolute Gasteiger partial charge is 0.0698 e. The Hall–Kier alpha value is -0.200. The van der Waals surface area contributed by atoms with E-state index < -0.39 is 0 Å². The average molecular weight is 305 g/mol. The lowest BCUT2D eigenvalue weighted by atomic mass is 9.93. The van der Waals surface area contributed by atoms with Gasteiger partial charge in [0.2, 0.25) is 0 Å². The van der Waals surface area contributed by atoms with E-state index in [-0.39, 0.29) is 18.8 Å². The maximum atomic E-state index is 10.2. The van der Waals surface area contributed by atoms with Crippen LogP contribution in [0.5, 0.6) is 0 Å². The molecule has 0 heterocycles. The van der Waals surface area contributed by atoms with E-state index in [0.717, 1.165) is 32.3 Å². The van der Waals surface area contributed by atoms with Gasteiger partial charge in [-0.1, -0.05) is 20.3 Å². The number of nitrogens with one attached hydrogen (secondary N) is 1. The molecule has 0 aliphatic rings. The maximum Gasteiger partial charge on any atom is 0.0698 e. The summed E-state index contributed by atoms with van der Waals surface area (Å²) in [6.07, 6.45) is 3.95. The molecule has 0 aliphatic heterocycles. The lowest BCUT2D eigenvalue weighted by Crippen LogP contribution is -2.34. The molecule has 0 aromatic carbocycles. The molecule has 0 aromatic rings. The van der Waals surface area contributed by atoms with Crippen molar-refractivity contribution in [1.29, 1.82) is 0 Å². The SMILES string of the molecule is CCCOC(C)CC[C@H](CC)[C@H](O)CNCCOCCO. The minimum atomic E-state index is -0.328. The van der Waals surface area contributed by atoms with Gasteiger partial charge in [-0.2, -0.15) is 0 Å². The van der Waals surface area contributed by atoms with Crippen molar-refractivity contribution < 1.29 is 19.7 Å². The predicted molar refractivity (Wildman–Crippen MR) is 85.5 cm³/mol. The molecule has 5 heteroatoms. The summed E-state index contributed by atoms with van der Waals surface area (Å²) in [7, 11) is 0. The topological polar surface area (TPSA) is 71.0 Å². The molecule has 0 aromatic heterocycles. The van der Waals surface area contributed by atoms with Crippen molar-refractivity contribution in [3.63, 3.8) is 0 Å². The molecule has 3 atom stereocenters. The first kappa shape index (κ1) is 20.8. The number of rotatable bonds is 15. The maximum absolute atomic E-state index is 10.2. The fraction of sp³-hybridized carbons (Fsp3) is 1.00. The minimum absolute atomic E-state index is 0.0544. The first-order valence-electron chi connectivity index (χ1n) is 8.34. The van der Waals surface area contributed by atoms with Crippen molar-refractivity contribution in [2.75, 3.05) is 39.5 Å².